The van der Waals surface area contributed by atoms with Gasteiger partial charge in [0, 0.05) is 22.7 Å². The van der Waals surface area contributed by atoms with Crippen LogP contribution in [0.4, 0.5) is 5.69 Å². The van der Waals surface area contributed by atoms with Gasteiger partial charge in [0.1, 0.15) is 11.8 Å². The number of ether oxygens (including phenoxy) is 3. The molecule has 7 nitrogen and oxygen atoms in total. The first-order valence-corrected chi connectivity index (χ1v) is 14.0. The molecular formula is C30H36N2O5S. The Kier molecular flexibility index (Phi) is 9.65. The standard InChI is InChI=1S/C30H36N2O5S/c1-4-37-24-15-12-21(13-16-24)29(30(34)31-22-9-6-5-7-10-22)32(28(33)20-25-11-8-18-38-25)23-14-17-26(35-2)27(19-23)36-3/h8,11-19,22,29H,4-7,9-10,20H2,1-3H3,(H,31,34)/t29-/m0/s1. The Morgan fingerprint density at radius 1 is 1.00 bits per heavy atom. The van der Waals surface area contributed by atoms with E-state index in [1.807, 2.05) is 48.7 Å². The number of nitrogens with zero attached hydrogens (tertiary/aromatic N) is 1. The molecule has 1 aliphatic rings. The molecule has 1 aliphatic carbocycles. The molecule has 4 rings (SSSR count). The molecule has 1 heterocycles. The molecule has 1 atom stereocenters. The molecule has 3 aromatic rings. The third kappa shape index (κ3) is 6.67. The smallest absolute Gasteiger partial charge is 0.248 e. The van der Waals surface area contributed by atoms with Gasteiger partial charge in [-0.1, -0.05) is 37.5 Å². The highest BCUT2D eigenvalue weighted by atomic mass is 32.1. The number of carbonyl (C=O) groups excluding carboxylic acids is 2. The predicted molar refractivity (Wildman–Crippen MR) is 150 cm³/mol. The lowest BCUT2D eigenvalue weighted by Crippen LogP contribution is -2.47. The van der Waals surface area contributed by atoms with E-state index in [1.54, 1.807) is 37.3 Å². The summed E-state index contributed by atoms with van der Waals surface area (Å²) in [5, 5.41) is 5.20. The third-order valence-corrected chi connectivity index (χ3v) is 7.66. The number of rotatable bonds is 11. The van der Waals surface area contributed by atoms with Crippen LogP contribution in [0.1, 0.15) is 55.5 Å². The number of anilines is 1. The first-order chi connectivity index (χ1) is 18.5. The molecule has 1 aromatic heterocycles. The van der Waals surface area contributed by atoms with Crippen molar-refractivity contribution in [1.29, 1.82) is 0 Å². The van der Waals surface area contributed by atoms with Gasteiger partial charge in [-0.15, -0.1) is 11.3 Å². The summed E-state index contributed by atoms with van der Waals surface area (Å²) in [5.74, 6) is 1.36. The zero-order valence-electron chi connectivity index (χ0n) is 22.3. The second kappa shape index (κ2) is 13.3. The van der Waals surface area contributed by atoms with E-state index in [1.165, 1.54) is 17.8 Å². The zero-order chi connectivity index (χ0) is 26.9. The fraction of sp³-hybridized carbons (Fsp3) is 0.400. The van der Waals surface area contributed by atoms with Crippen molar-refractivity contribution in [3.63, 3.8) is 0 Å². The van der Waals surface area contributed by atoms with Crippen molar-refractivity contribution in [2.45, 2.75) is 57.5 Å². The van der Waals surface area contributed by atoms with Crippen molar-refractivity contribution in [3.8, 4) is 17.2 Å². The monoisotopic (exact) mass is 536 g/mol. The van der Waals surface area contributed by atoms with Crippen LogP contribution in [0.2, 0.25) is 0 Å². The summed E-state index contributed by atoms with van der Waals surface area (Å²) in [6.45, 7) is 2.47. The minimum absolute atomic E-state index is 0.0982. The van der Waals surface area contributed by atoms with Crippen molar-refractivity contribution in [2.75, 3.05) is 25.7 Å². The molecule has 2 amide bonds. The Hall–Kier alpha value is -3.52. The van der Waals surface area contributed by atoms with Crippen molar-refractivity contribution >= 4 is 28.8 Å². The lowest BCUT2D eigenvalue weighted by atomic mass is 9.94. The molecule has 8 heteroatoms. The average molecular weight is 537 g/mol. The molecule has 0 spiro atoms. The van der Waals surface area contributed by atoms with Crippen molar-refractivity contribution in [1.82, 2.24) is 5.32 Å². The number of nitrogens with one attached hydrogen (secondary N) is 1. The van der Waals surface area contributed by atoms with Crippen LogP contribution in [-0.4, -0.2) is 38.7 Å². The maximum atomic E-state index is 14.0. The Morgan fingerprint density at radius 3 is 2.37 bits per heavy atom. The van der Waals surface area contributed by atoms with Crippen LogP contribution in [-0.2, 0) is 16.0 Å². The first kappa shape index (κ1) is 27.5. The molecule has 0 bridgehead atoms. The molecule has 202 valence electrons. The van der Waals surface area contributed by atoms with Crippen LogP contribution in [0, 0.1) is 0 Å². The number of hydrogen-bond acceptors (Lipinski definition) is 6. The summed E-state index contributed by atoms with van der Waals surface area (Å²) in [6, 6.07) is 15.8. The fourth-order valence-corrected chi connectivity index (χ4v) is 5.61. The topological polar surface area (TPSA) is 77.1 Å². The Bertz CT molecular complexity index is 1190. The van der Waals surface area contributed by atoms with Crippen LogP contribution < -0.4 is 24.4 Å². The zero-order valence-corrected chi connectivity index (χ0v) is 23.1. The Balaban J connectivity index is 1.78. The second-order valence-electron chi connectivity index (χ2n) is 9.31. The van der Waals surface area contributed by atoms with Crippen molar-refractivity contribution in [2.24, 2.45) is 0 Å². The number of amides is 2. The lowest BCUT2D eigenvalue weighted by molar-refractivity contribution is -0.127. The second-order valence-corrected chi connectivity index (χ2v) is 10.3. The molecule has 38 heavy (non-hydrogen) atoms. The lowest BCUT2D eigenvalue weighted by Gasteiger charge is -2.34. The van der Waals surface area contributed by atoms with Gasteiger partial charge in [0.2, 0.25) is 11.8 Å². The average Bonchev–Trinajstić information content (AvgIpc) is 3.45. The van der Waals surface area contributed by atoms with Crippen molar-refractivity contribution in [3.05, 3.63) is 70.4 Å². The van der Waals surface area contributed by atoms with E-state index in [0.717, 1.165) is 30.6 Å². The maximum absolute atomic E-state index is 14.0. The van der Waals surface area contributed by atoms with Gasteiger partial charge in [0.25, 0.3) is 0 Å². The molecule has 0 saturated heterocycles. The first-order valence-electron chi connectivity index (χ1n) is 13.1. The summed E-state index contributed by atoms with van der Waals surface area (Å²) in [4.78, 5) is 30.6. The predicted octanol–water partition coefficient (Wildman–Crippen LogP) is 5.93. The van der Waals surface area contributed by atoms with E-state index in [2.05, 4.69) is 5.32 Å². The van der Waals surface area contributed by atoms with Crippen molar-refractivity contribution < 1.29 is 23.8 Å². The number of thiophene rings is 1. The molecule has 0 unspecified atom stereocenters. The van der Waals surface area contributed by atoms with E-state index in [4.69, 9.17) is 14.2 Å². The van der Waals surface area contributed by atoms with Gasteiger partial charge in [-0.05, 0) is 61.0 Å². The summed E-state index contributed by atoms with van der Waals surface area (Å²) < 4.78 is 16.6. The van der Waals surface area contributed by atoms with Gasteiger partial charge < -0.3 is 19.5 Å². The quantitative estimate of drug-likeness (QED) is 0.329. The normalized spacial score (nSPS) is 14.4. The molecular weight excluding hydrogens is 500 g/mol. The molecule has 0 radical (unpaired) electrons. The molecule has 1 fully saturated rings. The molecule has 1 N–H and O–H groups in total. The number of methoxy groups -OCH3 is 2. The largest absolute Gasteiger partial charge is 0.494 e. The summed E-state index contributed by atoms with van der Waals surface area (Å²) in [6.07, 6.45) is 5.44. The third-order valence-electron chi connectivity index (χ3n) is 6.78. The van der Waals surface area contributed by atoms with E-state index >= 15 is 0 Å². The van der Waals surface area contributed by atoms with E-state index < -0.39 is 6.04 Å². The van der Waals surface area contributed by atoms with Crippen LogP contribution >= 0.6 is 11.3 Å². The highest BCUT2D eigenvalue weighted by Gasteiger charge is 2.34. The minimum Gasteiger partial charge on any atom is -0.494 e. The number of hydrogen-bond donors (Lipinski definition) is 1. The fourth-order valence-electron chi connectivity index (χ4n) is 4.92. The molecule has 2 aromatic carbocycles. The van der Waals surface area contributed by atoms with Crippen LogP contribution in [0.25, 0.3) is 0 Å². The molecule has 1 saturated carbocycles. The van der Waals surface area contributed by atoms with E-state index in [-0.39, 0.29) is 24.3 Å². The highest BCUT2D eigenvalue weighted by molar-refractivity contribution is 7.10. The Morgan fingerprint density at radius 2 is 1.74 bits per heavy atom. The van der Waals surface area contributed by atoms with E-state index in [0.29, 0.717) is 35.1 Å². The highest BCUT2D eigenvalue weighted by Crippen LogP contribution is 2.36. The summed E-state index contributed by atoms with van der Waals surface area (Å²) in [7, 11) is 3.12. The van der Waals surface area contributed by atoms with Crippen LogP contribution in [0.3, 0.4) is 0 Å². The number of carbonyl (C=O) groups is 2. The van der Waals surface area contributed by atoms with Gasteiger partial charge in [-0.25, -0.2) is 0 Å². The van der Waals surface area contributed by atoms with Gasteiger partial charge in [0.15, 0.2) is 11.5 Å². The van der Waals surface area contributed by atoms with Gasteiger partial charge in [-0.3, -0.25) is 14.5 Å². The SMILES string of the molecule is CCOc1ccc([C@@H](C(=O)NC2CCCCC2)N(C(=O)Cc2cccs2)c2ccc(OC)c(OC)c2)cc1. The Labute approximate surface area is 228 Å². The number of benzene rings is 2. The van der Waals surface area contributed by atoms with Crippen LogP contribution in [0.5, 0.6) is 17.2 Å². The van der Waals surface area contributed by atoms with Crippen LogP contribution in [0.15, 0.2) is 60.0 Å². The minimum atomic E-state index is -0.877. The van der Waals surface area contributed by atoms with Gasteiger partial charge in [0.05, 0.1) is 27.2 Å². The van der Waals surface area contributed by atoms with E-state index in [9.17, 15) is 9.59 Å². The van der Waals surface area contributed by atoms with Gasteiger partial charge in [-0.2, -0.15) is 0 Å². The summed E-state index contributed by atoms with van der Waals surface area (Å²) in [5.41, 5.74) is 1.26. The maximum Gasteiger partial charge on any atom is 0.248 e. The molecule has 0 aliphatic heterocycles. The van der Waals surface area contributed by atoms with Gasteiger partial charge >= 0.3 is 0 Å². The summed E-state index contributed by atoms with van der Waals surface area (Å²) >= 11 is 1.52.